The number of nitrogens with one attached hydrogen (secondary N) is 1. The van der Waals surface area contributed by atoms with Crippen molar-refractivity contribution in [2.75, 3.05) is 34.2 Å². The summed E-state index contributed by atoms with van der Waals surface area (Å²) in [4.78, 5) is 4.85. The maximum Gasteiger partial charge on any atom is 0.0224 e. The summed E-state index contributed by atoms with van der Waals surface area (Å²) in [6.45, 7) is 11.4. The zero-order chi connectivity index (χ0) is 12.7. The number of nitrogens with zero attached hydrogens (tertiary/aromatic N) is 2. The van der Waals surface area contributed by atoms with E-state index in [4.69, 9.17) is 0 Å². The van der Waals surface area contributed by atoms with Crippen molar-refractivity contribution in [3.8, 4) is 0 Å². The molecule has 0 amide bonds. The van der Waals surface area contributed by atoms with Gasteiger partial charge in [-0.1, -0.05) is 13.8 Å². The van der Waals surface area contributed by atoms with Gasteiger partial charge in [0.2, 0.25) is 0 Å². The molecule has 0 aliphatic heterocycles. The fraction of sp³-hybridized carbons (Fsp3) is 1.00. The van der Waals surface area contributed by atoms with Gasteiger partial charge >= 0.3 is 0 Å². The zero-order valence-electron chi connectivity index (χ0n) is 12.2. The highest BCUT2D eigenvalue weighted by atomic mass is 15.2. The third-order valence-corrected chi connectivity index (χ3v) is 3.48. The van der Waals surface area contributed by atoms with Gasteiger partial charge in [0.1, 0.15) is 0 Å². The van der Waals surface area contributed by atoms with E-state index in [0.717, 1.165) is 13.1 Å². The molecule has 3 heteroatoms. The average molecular weight is 229 g/mol. The Labute approximate surface area is 102 Å². The third kappa shape index (κ3) is 4.81. The maximum absolute atomic E-state index is 3.42. The van der Waals surface area contributed by atoms with Gasteiger partial charge in [0, 0.05) is 24.7 Å². The van der Waals surface area contributed by atoms with Gasteiger partial charge in [0.25, 0.3) is 0 Å². The topological polar surface area (TPSA) is 18.5 Å². The molecule has 0 heterocycles. The van der Waals surface area contributed by atoms with Crippen LogP contribution in [0.1, 0.15) is 34.1 Å². The van der Waals surface area contributed by atoms with E-state index in [1.54, 1.807) is 0 Å². The van der Waals surface area contributed by atoms with Crippen LogP contribution < -0.4 is 5.32 Å². The minimum atomic E-state index is 0.588. The van der Waals surface area contributed by atoms with Gasteiger partial charge < -0.3 is 10.2 Å². The van der Waals surface area contributed by atoms with Crippen molar-refractivity contribution in [3.05, 3.63) is 0 Å². The second-order valence-electron chi connectivity index (χ2n) is 4.99. The second-order valence-corrected chi connectivity index (χ2v) is 4.99. The molecule has 3 unspecified atom stereocenters. The van der Waals surface area contributed by atoms with E-state index >= 15 is 0 Å². The van der Waals surface area contributed by atoms with E-state index in [0.29, 0.717) is 18.1 Å². The van der Waals surface area contributed by atoms with Crippen molar-refractivity contribution in [2.45, 2.75) is 52.2 Å². The quantitative estimate of drug-likeness (QED) is 0.683. The van der Waals surface area contributed by atoms with Crippen LogP contribution in [0.3, 0.4) is 0 Å². The van der Waals surface area contributed by atoms with Crippen LogP contribution in [0.2, 0.25) is 0 Å². The predicted octanol–water partition coefficient (Wildman–Crippen LogP) is 1.64. The van der Waals surface area contributed by atoms with Crippen molar-refractivity contribution in [3.63, 3.8) is 0 Å². The highest BCUT2D eigenvalue weighted by Crippen LogP contribution is 2.11. The first kappa shape index (κ1) is 15.9. The highest BCUT2D eigenvalue weighted by molar-refractivity contribution is 4.82. The molecule has 0 bridgehead atoms. The molecular formula is C13H31N3. The summed E-state index contributed by atoms with van der Waals surface area (Å²) in [5.74, 6) is 0. The van der Waals surface area contributed by atoms with Gasteiger partial charge in [0.05, 0.1) is 0 Å². The first-order valence-electron chi connectivity index (χ1n) is 6.55. The molecule has 1 N–H and O–H groups in total. The summed E-state index contributed by atoms with van der Waals surface area (Å²) in [5, 5.41) is 3.42. The van der Waals surface area contributed by atoms with E-state index in [1.807, 2.05) is 0 Å². The van der Waals surface area contributed by atoms with Crippen LogP contribution in [0.4, 0.5) is 0 Å². The summed E-state index contributed by atoms with van der Waals surface area (Å²) < 4.78 is 0. The van der Waals surface area contributed by atoms with E-state index in [1.165, 1.54) is 6.42 Å². The van der Waals surface area contributed by atoms with Gasteiger partial charge in [0.15, 0.2) is 0 Å². The van der Waals surface area contributed by atoms with Crippen molar-refractivity contribution in [1.29, 1.82) is 0 Å². The molecule has 3 nitrogen and oxygen atoms in total. The Bertz CT molecular complexity index is 167. The van der Waals surface area contributed by atoms with Crippen LogP contribution in [-0.2, 0) is 0 Å². The number of rotatable bonds is 8. The minimum Gasteiger partial charge on any atom is -0.315 e. The first-order chi connectivity index (χ1) is 7.47. The van der Waals surface area contributed by atoms with E-state index in [2.05, 4.69) is 64.0 Å². The summed E-state index contributed by atoms with van der Waals surface area (Å²) in [6.07, 6.45) is 1.18. The van der Waals surface area contributed by atoms with Crippen molar-refractivity contribution in [1.82, 2.24) is 15.1 Å². The molecule has 0 saturated heterocycles. The molecule has 0 aromatic carbocycles. The molecule has 3 atom stereocenters. The smallest absolute Gasteiger partial charge is 0.0224 e. The Morgan fingerprint density at radius 1 is 1.12 bits per heavy atom. The third-order valence-electron chi connectivity index (χ3n) is 3.48. The Morgan fingerprint density at radius 2 is 1.69 bits per heavy atom. The van der Waals surface area contributed by atoms with Gasteiger partial charge in [-0.15, -0.1) is 0 Å². The van der Waals surface area contributed by atoms with Crippen molar-refractivity contribution >= 4 is 0 Å². The highest BCUT2D eigenvalue weighted by Gasteiger charge is 2.24. The lowest BCUT2D eigenvalue weighted by atomic mass is 10.0. The lowest BCUT2D eigenvalue weighted by Crippen LogP contribution is -2.52. The molecular weight excluding hydrogens is 198 g/mol. The maximum atomic E-state index is 3.42. The number of likely N-dealkylation sites (N-methyl/N-ethyl adjacent to an activating group) is 3. The zero-order valence-corrected chi connectivity index (χ0v) is 12.2. The summed E-state index contributed by atoms with van der Waals surface area (Å²) in [5.41, 5.74) is 0. The molecule has 0 aromatic rings. The summed E-state index contributed by atoms with van der Waals surface area (Å²) in [7, 11) is 6.35. The molecule has 16 heavy (non-hydrogen) atoms. The average Bonchev–Trinajstić information content (AvgIpc) is 2.19. The van der Waals surface area contributed by atoms with Crippen LogP contribution in [0.25, 0.3) is 0 Å². The molecule has 0 aliphatic carbocycles. The van der Waals surface area contributed by atoms with E-state index in [-0.39, 0.29) is 0 Å². The van der Waals surface area contributed by atoms with Gasteiger partial charge in [-0.3, -0.25) is 4.90 Å². The fourth-order valence-electron chi connectivity index (χ4n) is 2.65. The Balaban J connectivity index is 4.45. The molecule has 0 fully saturated rings. The standard InChI is InChI=1S/C13H31N3/c1-8-13(14-5)12(4)16(9-2)11(3)10-15(6)7/h11-14H,8-10H2,1-7H3. The van der Waals surface area contributed by atoms with Crippen LogP contribution in [0.5, 0.6) is 0 Å². The molecule has 98 valence electrons. The van der Waals surface area contributed by atoms with Crippen LogP contribution >= 0.6 is 0 Å². The van der Waals surface area contributed by atoms with E-state index < -0.39 is 0 Å². The van der Waals surface area contributed by atoms with Crippen LogP contribution in [-0.4, -0.2) is 62.2 Å². The normalized spacial score (nSPS) is 17.8. The molecule has 0 saturated carbocycles. The SMILES string of the molecule is CCC(NC)C(C)N(CC)C(C)CN(C)C. The van der Waals surface area contributed by atoms with Gasteiger partial charge in [-0.25, -0.2) is 0 Å². The molecule has 0 aromatic heterocycles. The largest absolute Gasteiger partial charge is 0.315 e. The molecule has 0 radical (unpaired) electrons. The van der Waals surface area contributed by atoms with Crippen molar-refractivity contribution in [2.24, 2.45) is 0 Å². The lowest BCUT2D eigenvalue weighted by molar-refractivity contribution is 0.112. The lowest BCUT2D eigenvalue weighted by Gasteiger charge is -2.38. The van der Waals surface area contributed by atoms with Crippen molar-refractivity contribution < 1.29 is 0 Å². The monoisotopic (exact) mass is 229 g/mol. The Hall–Kier alpha value is -0.120. The Morgan fingerprint density at radius 3 is 2.00 bits per heavy atom. The van der Waals surface area contributed by atoms with Gasteiger partial charge in [-0.05, 0) is 48.0 Å². The fourth-order valence-corrected chi connectivity index (χ4v) is 2.65. The minimum absolute atomic E-state index is 0.588. The summed E-state index contributed by atoms with van der Waals surface area (Å²) in [6, 6.07) is 1.79. The second kappa shape index (κ2) is 8.04. The van der Waals surface area contributed by atoms with Gasteiger partial charge in [-0.2, -0.15) is 0 Å². The van der Waals surface area contributed by atoms with E-state index in [9.17, 15) is 0 Å². The van der Waals surface area contributed by atoms with Crippen LogP contribution in [0, 0.1) is 0 Å². The summed E-state index contributed by atoms with van der Waals surface area (Å²) >= 11 is 0. The molecule has 0 rings (SSSR count). The number of hydrogen-bond acceptors (Lipinski definition) is 3. The molecule has 0 spiro atoms. The Kier molecular flexibility index (Phi) is 7.98. The van der Waals surface area contributed by atoms with Crippen LogP contribution in [0.15, 0.2) is 0 Å². The molecule has 0 aliphatic rings. The predicted molar refractivity (Wildman–Crippen MR) is 73.0 cm³/mol. The number of hydrogen-bond donors (Lipinski definition) is 1. The first-order valence-corrected chi connectivity index (χ1v) is 6.55.